The quantitative estimate of drug-likeness (QED) is 0.472. The van der Waals surface area contributed by atoms with E-state index in [2.05, 4.69) is 13.8 Å². The molecule has 0 atom stereocenters. The van der Waals surface area contributed by atoms with Gasteiger partial charge in [0.1, 0.15) is 0 Å². The summed E-state index contributed by atoms with van der Waals surface area (Å²) in [6.07, 6.45) is 26.5. The second kappa shape index (κ2) is 7.55. The van der Waals surface area contributed by atoms with Crippen molar-refractivity contribution in [1.82, 2.24) is 0 Å². The van der Waals surface area contributed by atoms with Crippen molar-refractivity contribution in [2.24, 2.45) is 34.5 Å². The van der Waals surface area contributed by atoms with Gasteiger partial charge in [0.05, 0.1) is 0 Å². The summed E-state index contributed by atoms with van der Waals surface area (Å²) in [5.41, 5.74) is 1.60. The summed E-state index contributed by atoms with van der Waals surface area (Å²) >= 11 is 0. The van der Waals surface area contributed by atoms with Gasteiger partial charge in [0, 0.05) is 0 Å². The molecule has 0 nitrogen and oxygen atoms in total. The van der Waals surface area contributed by atoms with Crippen LogP contribution in [-0.2, 0) is 0 Å². The minimum Gasteiger partial charge on any atom is -0.0654 e. The molecule has 0 heteroatoms. The fourth-order valence-corrected chi connectivity index (χ4v) is 8.08. The Hall–Kier alpha value is 0. The number of rotatable bonds is 5. The van der Waals surface area contributed by atoms with Crippen LogP contribution < -0.4 is 0 Å². The molecule has 0 amide bonds. The van der Waals surface area contributed by atoms with Crippen LogP contribution in [0.1, 0.15) is 123 Å². The Labute approximate surface area is 157 Å². The van der Waals surface area contributed by atoms with E-state index in [4.69, 9.17) is 0 Å². The monoisotopic (exact) mass is 344 g/mol. The SMILES string of the molecule is CCCC12CCC([C@H]3CC[C@H]([C@H]4CC[C@H](CC)CC4)CC3)(CC1)CC2. The molecule has 0 radical (unpaired) electrons. The van der Waals surface area contributed by atoms with E-state index in [-0.39, 0.29) is 0 Å². The van der Waals surface area contributed by atoms with Crippen molar-refractivity contribution in [3.8, 4) is 0 Å². The first-order valence-corrected chi connectivity index (χ1v) is 12.2. The summed E-state index contributed by atoms with van der Waals surface area (Å²) in [6.45, 7) is 4.81. The topological polar surface area (TPSA) is 0 Å². The highest BCUT2D eigenvalue weighted by Crippen LogP contribution is 2.63. The lowest BCUT2D eigenvalue weighted by molar-refractivity contribution is -0.0674. The lowest BCUT2D eigenvalue weighted by Crippen LogP contribution is -2.46. The van der Waals surface area contributed by atoms with Crippen molar-refractivity contribution in [3.05, 3.63) is 0 Å². The lowest BCUT2D eigenvalue weighted by Gasteiger charge is -2.58. The van der Waals surface area contributed by atoms with E-state index in [1.165, 1.54) is 19.3 Å². The highest BCUT2D eigenvalue weighted by atomic mass is 14.6. The highest BCUT2D eigenvalue weighted by molar-refractivity contribution is 5.02. The zero-order valence-electron chi connectivity index (χ0n) is 17.3. The smallest absolute Gasteiger partial charge is 0.0269 e. The molecule has 2 bridgehead atoms. The van der Waals surface area contributed by atoms with Crippen LogP contribution in [0.5, 0.6) is 0 Å². The van der Waals surface area contributed by atoms with E-state index in [1.54, 1.807) is 89.9 Å². The predicted octanol–water partition coefficient (Wildman–Crippen LogP) is 8.15. The van der Waals surface area contributed by atoms with E-state index in [1.807, 2.05) is 0 Å². The average molecular weight is 345 g/mol. The molecule has 5 rings (SSSR count). The Morgan fingerprint density at radius 1 is 0.640 bits per heavy atom. The van der Waals surface area contributed by atoms with Crippen LogP contribution in [0.4, 0.5) is 0 Å². The number of hydrogen-bond acceptors (Lipinski definition) is 0. The van der Waals surface area contributed by atoms with Gasteiger partial charge in [-0.2, -0.15) is 0 Å². The maximum atomic E-state index is 2.40. The Kier molecular flexibility index (Phi) is 5.55. The third-order valence-corrected chi connectivity index (χ3v) is 10.0. The van der Waals surface area contributed by atoms with E-state index in [0.717, 1.165) is 34.5 Å². The largest absolute Gasteiger partial charge is 0.0654 e. The Morgan fingerprint density at radius 2 is 1.16 bits per heavy atom. The molecule has 0 heterocycles. The minimum absolute atomic E-state index is 0.797. The molecular weight excluding hydrogens is 300 g/mol. The van der Waals surface area contributed by atoms with Crippen molar-refractivity contribution >= 4 is 0 Å². The predicted molar refractivity (Wildman–Crippen MR) is 109 cm³/mol. The zero-order chi connectivity index (χ0) is 17.3. The average Bonchev–Trinajstić information content (AvgIpc) is 2.70. The van der Waals surface area contributed by atoms with Crippen LogP contribution >= 0.6 is 0 Å². The van der Waals surface area contributed by atoms with Crippen LogP contribution in [0.2, 0.25) is 0 Å². The molecule has 5 saturated carbocycles. The fraction of sp³-hybridized carbons (Fsp3) is 1.00. The zero-order valence-corrected chi connectivity index (χ0v) is 17.3. The van der Waals surface area contributed by atoms with Gasteiger partial charge in [-0.05, 0) is 118 Å². The van der Waals surface area contributed by atoms with Crippen LogP contribution in [0.25, 0.3) is 0 Å². The maximum Gasteiger partial charge on any atom is -0.0269 e. The van der Waals surface area contributed by atoms with Crippen LogP contribution in [0.15, 0.2) is 0 Å². The van der Waals surface area contributed by atoms with E-state index in [0.29, 0.717) is 0 Å². The normalized spacial score (nSPS) is 47.8. The van der Waals surface area contributed by atoms with Gasteiger partial charge in [-0.1, -0.05) is 39.5 Å². The van der Waals surface area contributed by atoms with Crippen molar-refractivity contribution < 1.29 is 0 Å². The first kappa shape index (κ1) is 18.4. The van der Waals surface area contributed by atoms with Gasteiger partial charge < -0.3 is 0 Å². The molecular formula is C25H44. The molecule has 5 aliphatic carbocycles. The molecule has 5 fully saturated rings. The molecule has 144 valence electrons. The molecule has 0 aliphatic heterocycles. The highest BCUT2D eigenvalue weighted by Gasteiger charge is 2.51. The summed E-state index contributed by atoms with van der Waals surface area (Å²) in [5, 5.41) is 0. The maximum absolute atomic E-state index is 2.40. The van der Waals surface area contributed by atoms with Gasteiger partial charge >= 0.3 is 0 Å². The molecule has 0 spiro atoms. The second-order valence-corrected chi connectivity index (χ2v) is 10.9. The third kappa shape index (κ3) is 3.58. The van der Waals surface area contributed by atoms with Crippen LogP contribution in [0, 0.1) is 34.5 Å². The Morgan fingerprint density at radius 3 is 1.64 bits per heavy atom. The van der Waals surface area contributed by atoms with Crippen LogP contribution in [0.3, 0.4) is 0 Å². The van der Waals surface area contributed by atoms with Crippen LogP contribution in [-0.4, -0.2) is 0 Å². The van der Waals surface area contributed by atoms with Crippen molar-refractivity contribution in [3.63, 3.8) is 0 Å². The van der Waals surface area contributed by atoms with Gasteiger partial charge in [-0.3, -0.25) is 0 Å². The minimum atomic E-state index is 0.797. The molecule has 0 N–H and O–H groups in total. The third-order valence-electron chi connectivity index (χ3n) is 10.0. The summed E-state index contributed by atoms with van der Waals surface area (Å²) in [7, 11) is 0. The molecule has 0 unspecified atom stereocenters. The van der Waals surface area contributed by atoms with Gasteiger partial charge in [-0.15, -0.1) is 0 Å². The molecule has 0 aromatic carbocycles. The second-order valence-electron chi connectivity index (χ2n) is 10.9. The summed E-state index contributed by atoms with van der Waals surface area (Å²) in [6, 6.07) is 0. The first-order chi connectivity index (χ1) is 12.2. The number of fused-ring (bicyclic) bond motifs is 3. The van der Waals surface area contributed by atoms with E-state index >= 15 is 0 Å². The summed E-state index contributed by atoms with van der Waals surface area (Å²) in [4.78, 5) is 0. The molecule has 5 aliphatic rings. The molecule has 25 heavy (non-hydrogen) atoms. The van der Waals surface area contributed by atoms with Gasteiger partial charge in [0.15, 0.2) is 0 Å². The molecule has 0 aromatic heterocycles. The van der Waals surface area contributed by atoms with Crippen molar-refractivity contribution in [1.29, 1.82) is 0 Å². The van der Waals surface area contributed by atoms with Gasteiger partial charge in [0.2, 0.25) is 0 Å². The lowest BCUT2D eigenvalue weighted by atomic mass is 9.47. The van der Waals surface area contributed by atoms with Gasteiger partial charge in [-0.25, -0.2) is 0 Å². The van der Waals surface area contributed by atoms with E-state index in [9.17, 15) is 0 Å². The Balaban J connectivity index is 1.28. The Bertz CT molecular complexity index is 395. The van der Waals surface area contributed by atoms with E-state index < -0.39 is 0 Å². The van der Waals surface area contributed by atoms with Crippen molar-refractivity contribution in [2.45, 2.75) is 123 Å². The first-order valence-electron chi connectivity index (χ1n) is 12.2. The van der Waals surface area contributed by atoms with Crippen molar-refractivity contribution in [2.75, 3.05) is 0 Å². The summed E-state index contributed by atoms with van der Waals surface area (Å²) in [5.74, 6) is 4.39. The number of hydrogen-bond donors (Lipinski definition) is 0. The van der Waals surface area contributed by atoms with Gasteiger partial charge in [0.25, 0.3) is 0 Å². The standard InChI is InChI=1S/C25H44/c1-3-13-24-14-17-25(18-15-24,19-16-24)23-11-9-22(10-12-23)21-7-5-20(4-2)6-8-21/h20-23H,3-19H2,1-2H3/t20-,21-,22-,23-,24?,25?. The summed E-state index contributed by atoms with van der Waals surface area (Å²) < 4.78 is 0. The molecule has 0 aromatic rings. The fourth-order valence-electron chi connectivity index (χ4n) is 8.08. The molecule has 0 saturated heterocycles.